The number of carbonyl (C=O) groups is 1. The molecule has 0 bridgehead atoms. The second-order valence-corrected chi connectivity index (χ2v) is 11.2. The van der Waals surface area contributed by atoms with Crippen molar-refractivity contribution in [3.8, 4) is 12.1 Å². The van der Waals surface area contributed by atoms with Gasteiger partial charge in [-0.15, -0.1) is 6.58 Å². The number of carbonyl (C=O) groups excluding carboxylic acids is 1. The lowest BCUT2D eigenvalue weighted by molar-refractivity contribution is -0.140. The van der Waals surface area contributed by atoms with Crippen LogP contribution in [0.2, 0.25) is 0 Å². The maximum absolute atomic E-state index is 14.3. The Bertz CT molecular complexity index is 1420. The summed E-state index contributed by atoms with van der Waals surface area (Å²) in [5, 5.41) is 30.3. The largest absolute Gasteiger partial charge is 0.455 e. The molecule has 1 amide bonds. The van der Waals surface area contributed by atoms with Crippen molar-refractivity contribution in [1.82, 2.24) is 9.80 Å². The quantitative estimate of drug-likeness (QED) is 0.584. The van der Waals surface area contributed by atoms with Gasteiger partial charge in [0, 0.05) is 30.6 Å². The van der Waals surface area contributed by atoms with Crippen LogP contribution in [0.25, 0.3) is 0 Å². The Kier molecular flexibility index (Phi) is 5.17. The van der Waals surface area contributed by atoms with E-state index in [2.05, 4.69) is 28.5 Å². The maximum Gasteiger partial charge on any atom is 0.277 e. The molecule has 4 aliphatic heterocycles. The number of nitrogens with zero attached hydrogens (tertiary/aromatic N) is 5. The first-order valence-corrected chi connectivity index (χ1v) is 13.0. The number of hydrogen-bond acceptors (Lipinski definition) is 8. The number of piperidine rings is 1. The fourth-order valence-corrected chi connectivity index (χ4v) is 7.67. The predicted octanol–water partition coefficient (Wildman–Crippen LogP) is 2.25. The molecule has 0 aromatic heterocycles. The molecule has 9 heteroatoms. The number of likely N-dealkylation sites (N-methyl/N-ethyl adjacent to an activating group) is 1. The average molecular weight is 510 g/mol. The fraction of sp³-hybridized carbons (Fsp3) is 0.448. The van der Waals surface area contributed by atoms with Gasteiger partial charge >= 0.3 is 0 Å². The van der Waals surface area contributed by atoms with Gasteiger partial charge in [-0.3, -0.25) is 10.2 Å². The SMILES string of the molecule is C=CCN1C(=O)[C@]2(OC(=N)C3=C(N)C(C#N)(C#N)C4(CCN(C)CC4)C4=C3[C@@H]2CN(C)C4)c2ccccc21. The molecule has 9 nitrogen and oxygen atoms in total. The fourth-order valence-electron chi connectivity index (χ4n) is 7.67. The zero-order chi connectivity index (χ0) is 27.0. The summed E-state index contributed by atoms with van der Waals surface area (Å²) >= 11 is 0. The Morgan fingerprint density at radius 2 is 1.89 bits per heavy atom. The van der Waals surface area contributed by atoms with Gasteiger partial charge in [0.15, 0.2) is 5.41 Å². The van der Waals surface area contributed by atoms with Gasteiger partial charge in [-0.1, -0.05) is 24.3 Å². The molecular formula is C29H31N7O2. The zero-order valence-electron chi connectivity index (χ0n) is 21.8. The molecule has 0 saturated carbocycles. The standard InChI is InChI=1S/C29H31N7O2/c1-4-11-36-21-8-6-5-7-18(21)29(26(36)37)20-15-35(3)14-19-22(20)23(25(33)38-29)24(32)28(16-30,17-31)27(19)9-12-34(2)13-10-27/h4-8,20,33H,1,9-15,32H2,2-3H3/t20-,29-/m0/s1. The van der Waals surface area contributed by atoms with E-state index in [1.165, 1.54) is 0 Å². The summed E-state index contributed by atoms with van der Waals surface area (Å²) in [5.74, 6) is -0.950. The van der Waals surface area contributed by atoms with Crippen molar-refractivity contribution in [3.63, 3.8) is 0 Å². The molecule has 2 fully saturated rings. The van der Waals surface area contributed by atoms with Crippen LogP contribution in [-0.4, -0.2) is 68.4 Å². The number of benzene rings is 1. The van der Waals surface area contributed by atoms with Gasteiger partial charge in [0.2, 0.25) is 11.5 Å². The molecule has 5 aliphatic rings. The highest BCUT2D eigenvalue weighted by atomic mass is 16.5. The van der Waals surface area contributed by atoms with Crippen molar-refractivity contribution in [2.24, 2.45) is 22.5 Å². The molecule has 4 heterocycles. The third-order valence-corrected chi connectivity index (χ3v) is 9.46. The lowest BCUT2D eigenvalue weighted by Gasteiger charge is -2.58. The lowest BCUT2D eigenvalue weighted by Crippen LogP contribution is -2.63. The van der Waals surface area contributed by atoms with Crippen molar-refractivity contribution in [3.05, 3.63) is 64.9 Å². The van der Waals surface area contributed by atoms with Crippen molar-refractivity contribution in [2.45, 2.75) is 18.4 Å². The highest BCUT2D eigenvalue weighted by Crippen LogP contribution is 2.65. The molecule has 6 rings (SSSR count). The number of amides is 1. The van der Waals surface area contributed by atoms with Crippen molar-refractivity contribution < 1.29 is 9.53 Å². The van der Waals surface area contributed by atoms with Crippen LogP contribution in [0.4, 0.5) is 5.69 Å². The van der Waals surface area contributed by atoms with Crippen LogP contribution in [0.3, 0.4) is 0 Å². The highest BCUT2D eigenvalue weighted by Gasteiger charge is 2.69. The number of para-hydroxylation sites is 1. The molecule has 0 radical (unpaired) electrons. The van der Waals surface area contributed by atoms with Crippen molar-refractivity contribution >= 4 is 17.5 Å². The maximum atomic E-state index is 14.3. The van der Waals surface area contributed by atoms with E-state index < -0.39 is 22.3 Å². The van der Waals surface area contributed by atoms with Crippen LogP contribution in [0.1, 0.15) is 18.4 Å². The summed E-state index contributed by atoms with van der Waals surface area (Å²) in [6, 6.07) is 12.2. The summed E-state index contributed by atoms with van der Waals surface area (Å²) in [5.41, 5.74) is 6.56. The Labute approximate surface area is 222 Å². The monoisotopic (exact) mass is 509 g/mol. The van der Waals surface area contributed by atoms with E-state index in [0.717, 1.165) is 22.4 Å². The summed E-state index contributed by atoms with van der Waals surface area (Å²) in [7, 11) is 4.03. The van der Waals surface area contributed by atoms with Gasteiger partial charge in [-0.25, -0.2) is 0 Å². The summed E-state index contributed by atoms with van der Waals surface area (Å²) in [6.45, 7) is 6.63. The molecule has 1 aliphatic carbocycles. The number of nitrogens with two attached hydrogens (primary N) is 1. The van der Waals surface area contributed by atoms with Gasteiger partial charge in [-0.2, -0.15) is 10.5 Å². The van der Waals surface area contributed by atoms with Gasteiger partial charge in [0.1, 0.15) is 0 Å². The second-order valence-electron chi connectivity index (χ2n) is 11.2. The minimum absolute atomic E-state index is 0.0851. The van der Waals surface area contributed by atoms with Gasteiger partial charge in [-0.05, 0) is 57.2 Å². The number of allylic oxidation sites excluding steroid dienone is 1. The molecule has 1 aromatic carbocycles. The van der Waals surface area contributed by atoms with Crippen LogP contribution in [0.5, 0.6) is 0 Å². The van der Waals surface area contributed by atoms with Gasteiger partial charge in [0.25, 0.3) is 5.91 Å². The number of fused-ring (bicyclic) bond motifs is 4. The van der Waals surface area contributed by atoms with E-state index in [-0.39, 0.29) is 17.5 Å². The predicted molar refractivity (Wildman–Crippen MR) is 142 cm³/mol. The average Bonchev–Trinajstić information content (AvgIpc) is 3.14. The minimum atomic E-state index is -1.63. The van der Waals surface area contributed by atoms with Gasteiger partial charge < -0.3 is 25.2 Å². The summed E-state index contributed by atoms with van der Waals surface area (Å²) in [4.78, 5) is 20.4. The van der Waals surface area contributed by atoms with E-state index in [0.29, 0.717) is 51.1 Å². The number of rotatable bonds is 2. The van der Waals surface area contributed by atoms with Crippen molar-refractivity contribution in [2.75, 3.05) is 51.7 Å². The first-order valence-electron chi connectivity index (χ1n) is 13.0. The van der Waals surface area contributed by atoms with Crippen molar-refractivity contribution in [1.29, 1.82) is 15.9 Å². The molecule has 194 valence electrons. The zero-order valence-corrected chi connectivity index (χ0v) is 21.8. The summed E-state index contributed by atoms with van der Waals surface area (Å²) in [6.07, 6.45) is 2.86. The number of anilines is 1. The van der Waals surface area contributed by atoms with Crippen LogP contribution < -0.4 is 10.6 Å². The van der Waals surface area contributed by atoms with Crippen LogP contribution in [0.15, 0.2) is 59.3 Å². The molecule has 1 aromatic rings. The molecule has 3 N–H and O–H groups in total. The third-order valence-electron chi connectivity index (χ3n) is 9.46. The van der Waals surface area contributed by atoms with Crippen LogP contribution in [0, 0.1) is 44.8 Å². The van der Waals surface area contributed by atoms with E-state index in [9.17, 15) is 15.3 Å². The number of hydrogen-bond donors (Lipinski definition) is 2. The molecule has 2 atom stereocenters. The number of likely N-dealkylation sites (tertiary alicyclic amines) is 1. The molecule has 38 heavy (non-hydrogen) atoms. The second kappa shape index (κ2) is 8.04. The highest BCUT2D eigenvalue weighted by molar-refractivity contribution is 6.12. The summed E-state index contributed by atoms with van der Waals surface area (Å²) < 4.78 is 6.43. The first-order chi connectivity index (χ1) is 18.2. The minimum Gasteiger partial charge on any atom is -0.455 e. The Balaban J connectivity index is 1.67. The molecule has 2 saturated heterocycles. The number of nitrogens with one attached hydrogen (secondary N) is 1. The molecule has 0 unspecified atom stereocenters. The van der Waals surface area contributed by atoms with Crippen LogP contribution >= 0.6 is 0 Å². The van der Waals surface area contributed by atoms with E-state index in [1.807, 2.05) is 38.4 Å². The molecular weight excluding hydrogens is 478 g/mol. The van der Waals surface area contributed by atoms with Gasteiger partial charge in [0.05, 0.1) is 35.0 Å². The van der Waals surface area contributed by atoms with Crippen LogP contribution in [-0.2, 0) is 15.1 Å². The normalized spacial score (nSPS) is 29.6. The third kappa shape index (κ3) is 2.65. The Morgan fingerprint density at radius 1 is 1.21 bits per heavy atom. The van der Waals surface area contributed by atoms with E-state index in [1.54, 1.807) is 11.0 Å². The Hall–Kier alpha value is -3.92. The topological polar surface area (TPSA) is 133 Å². The molecule has 2 spiro atoms. The van der Waals surface area contributed by atoms with E-state index in [4.69, 9.17) is 15.9 Å². The Morgan fingerprint density at radius 3 is 2.55 bits per heavy atom. The smallest absolute Gasteiger partial charge is 0.277 e. The number of ether oxygens (including phenoxy) is 1. The van der Waals surface area contributed by atoms with E-state index >= 15 is 0 Å². The number of nitriles is 2. The first kappa shape index (κ1) is 24.4. The lowest BCUT2D eigenvalue weighted by atomic mass is 9.48.